The monoisotopic (exact) mass is 391 g/mol. The predicted molar refractivity (Wildman–Crippen MR) is 108 cm³/mol. The second kappa shape index (κ2) is 8.96. The number of likely N-dealkylation sites (tertiary alicyclic amines) is 1. The second-order valence-corrected chi connectivity index (χ2v) is 7.43. The van der Waals surface area contributed by atoms with E-state index in [-0.39, 0.29) is 11.8 Å². The van der Waals surface area contributed by atoms with Crippen molar-refractivity contribution in [1.82, 2.24) is 24.9 Å². The number of aromatic nitrogens is 4. The van der Waals surface area contributed by atoms with Crippen molar-refractivity contribution < 1.29 is 9.90 Å². The molecule has 1 aliphatic rings. The molecule has 1 atom stereocenters. The summed E-state index contributed by atoms with van der Waals surface area (Å²) < 4.78 is 1.72. The van der Waals surface area contributed by atoms with Gasteiger partial charge in [-0.1, -0.05) is 41.6 Å². The number of aliphatic hydroxyl groups is 1. The van der Waals surface area contributed by atoms with E-state index >= 15 is 0 Å². The fraction of sp³-hybridized carbons (Fsp3) is 0.364. The molecule has 4 rings (SSSR count). The van der Waals surface area contributed by atoms with Crippen LogP contribution in [0.2, 0.25) is 0 Å². The molecule has 1 amide bonds. The van der Waals surface area contributed by atoms with Crippen LogP contribution >= 0.6 is 0 Å². The van der Waals surface area contributed by atoms with E-state index in [1.807, 2.05) is 36.4 Å². The third-order valence-electron chi connectivity index (χ3n) is 5.49. The lowest BCUT2D eigenvalue weighted by Gasteiger charge is -2.33. The number of rotatable bonds is 6. The molecule has 1 aliphatic heterocycles. The SMILES string of the molecule is O=C(c1cn(CCc2ccccc2)nn1)N1CCC([C@H](O)c2ccccn2)CC1. The third-order valence-corrected chi connectivity index (χ3v) is 5.49. The van der Waals surface area contributed by atoms with Gasteiger partial charge in [0.1, 0.15) is 0 Å². The Balaban J connectivity index is 1.30. The standard InChI is InChI=1S/C22H25N5O2/c28-21(19-8-4-5-12-23-19)18-10-13-26(14-11-18)22(29)20-16-27(25-24-20)15-9-17-6-2-1-3-7-17/h1-8,12,16,18,21,28H,9-11,13-15H2/t21-/m0/s1. The number of nitrogens with zero attached hydrogens (tertiary/aromatic N) is 5. The van der Waals surface area contributed by atoms with E-state index in [2.05, 4.69) is 27.4 Å². The first-order valence-electron chi connectivity index (χ1n) is 10.0. The van der Waals surface area contributed by atoms with E-state index in [1.54, 1.807) is 22.0 Å². The van der Waals surface area contributed by atoms with Gasteiger partial charge in [0.15, 0.2) is 5.69 Å². The number of carbonyl (C=O) groups is 1. The summed E-state index contributed by atoms with van der Waals surface area (Å²) in [4.78, 5) is 18.8. The van der Waals surface area contributed by atoms with Gasteiger partial charge >= 0.3 is 0 Å². The first-order valence-corrected chi connectivity index (χ1v) is 10.0. The molecule has 0 bridgehead atoms. The molecular formula is C22H25N5O2. The van der Waals surface area contributed by atoms with Gasteiger partial charge in [-0.3, -0.25) is 14.5 Å². The van der Waals surface area contributed by atoms with Crippen LogP contribution in [0.5, 0.6) is 0 Å². The number of aryl methyl sites for hydroxylation is 2. The maximum Gasteiger partial charge on any atom is 0.276 e. The van der Waals surface area contributed by atoms with Crippen LogP contribution in [0.15, 0.2) is 60.9 Å². The molecule has 2 aromatic heterocycles. The molecule has 0 unspecified atom stereocenters. The van der Waals surface area contributed by atoms with Crippen molar-refractivity contribution >= 4 is 5.91 Å². The fourth-order valence-electron chi connectivity index (χ4n) is 3.77. The number of hydrogen-bond donors (Lipinski definition) is 1. The van der Waals surface area contributed by atoms with Crippen molar-refractivity contribution in [3.8, 4) is 0 Å². The van der Waals surface area contributed by atoms with Gasteiger partial charge in [-0.25, -0.2) is 0 Å². The van der Waals surface area contributed by atoms with Crippen molar-refractivity contribution in [2.24, 2.45) is 5.92 Å². The van der Waals surface area contributed by atoms with Crippen LogP contribution in [-0.2, 0) is 13.0 Å². The summed E-state index contributed by atoms with van der Waals surface area (Å²) in [6.07, 6.45) is 5.15. The molecule has 3 aromatic rings. The maximum absolute atomic E-state index is 12.8. The summed E-state index contributed by atoms with van der Waals surface area (Å²) in [6, 6.07) is 15.7. The molecule has 7 nitrogen and oxygen atoms in total. The number of piperidine rings is 1. The highest BCUT2D eigenvalue weighted by molar-refractivity contribution is 5.91. The van der Waals surface area contributed by atoms with Crippen molar-refractivity contribution in [2.45, 2.75) is 31.9 Å². The van der Waals surface area contributed by atoms with Gasteiger partial charge in [0.25, 0.3) is 5.91 Å². The van der Waals surface area contributed by atoms with Gasteiger partial charge in [-0.15, -0.1) is 5.10 Å². The minimum Gasteiger partial charge on any atom is -0.387 e. The van der Waals surface area contributed by atoms with E-state index in [1.165, 1.54) is 5.56 Å². The summed E-state index contributed by atoms with van der Waals surface area (Å²) in [5, 5.41) is 18.7. The first kappa shape index (κ1) is 19.3. The van der Waals surface area contributed by atoms with Crippen molar-refractivity contribution in [3.05, 3.63) is 77.9 Å². The molecule has 29 heavy (non-hydrogen) atoms. The number of carbonyl (C=O) groups excluding carboxylic acids is 1. The lowest BCUT2D eigenvalue weighted by molar-refractivity contribution is 0.0444. The Hall–Kier alpha value is -3.06. The van der Waals surface area contributed by atoms with Gasteiger partial charge in [0.2, 0.25) is 0 Å². The Labute approximate surface area is 170 Å². The van der Waals surface area contributed by atoms with Crippen molar-refractivity contribution in [1.29, 1.82) is 0 Å². The molecule has 7 heteroatoms. The van der Waals surface area contributed by atoms with E-state index in [0.717, 1.165) is 19.3 Å². The van der Waals surface area contributed by atoms with E-state index in [9.17, 15) is 9.90 Å². The molecule has 0 aliphatic carbocycles. The van der Waals surface area contributed by atoms with E-state index < -0.39 is 6.10 Å². The number of aliphatic hydroxyl groups excluding tert-OH is 1. The van der Waals surface area contributed by atoms with E-state index in [4.69, 9.17) is 0 Å². The quantitative estimate of drug-likeness (QED) is 0.698. The smallest absolute Gasteiger partial charge is 0.276 e. The zero-order chi connectivity index (χ0) is 20.1. The Morgan fingerprint density at radius 3 is 2.59 bits per heavy atom. The van der Waals surface area contributed by atoms with Gasteiger partial charge < -0.3 is 10.0 Å². The summed E-state index contributed by atoms with van der Waals surface area (Å²) >= 11 is 0. The Kier molecular flexibility index (Phi) is 5.95. The van der Waals surface area contributed by atoms with Crippen LogP contribution in [0.25, 0.3) is 0 Å². The van der Waals surface area contributed by atoms with Crippen LogP contribution in [0.3, 0.4) is 0 Å². The minimum absolute atomic E-state index is 0.0956. The van der Waals surface area contributed by atoms with Crippen LogP contribution in [0.4, 0.5) is 0 Å². The highest BCUT2D eigenvalue weighted by Crippen LogP contribution is 2.30. The van der Waals surface area contributed by atoms with Crippen molar-refractivity contribution in [2.75, 3.05) is 13.1 Å². The van der Waals surface area contributed by atoms with Crippen LogP contribution in [-0.4, -0.2) is 49.0 Å². The highest BCUT2D eigenvalue weighted by Gasteiger charge is 2.30. The molecule has 1 saturated heterocycles. The van der Waals surface area contributed by atoms with Gasteiger partial charge in [0.05, 0.1) is 18.0 Å². The van der Waals surface area contributed by atoms with E-state index in [0.29, 0.717) is 31.0 Å². The summed E-state index contributed by atoms with van der Waals surface area (Å²) in [5.41, 5.74) is 2.30. The van der Waals surface area contributed by atoms with Crippen LogP contribution in [0, 0.1) is 5.92 Å². The predicted octanol–water partition coefficient (Wildman–Crippen LogP) is 2.50. The molecular weight excluding hydrogens is 366 g/mol. The molecule has 3 heterocycles. The fourth-order valence-corrected chi connectivity index (χ4v) is 3.77. The zero-order valence-electron chi connectivity index (χ0n) is 16.3. The lowest BCUT2D eigenvalue weighted by Crippen LogP contribution is -2.40. The maximum atomic E-state index is 12.8. The van der Waals surface area contributed by atoms with Gasteiger partial charge in [0, 0.05) is 25.8 Å². The zero-order valence-corrected chi connectivity index (χ0v) is 16.3. The largest absolute Gasteiger partial charge is 0.387 e. The van der Waals surface area contributed by atoms with Gasteiger partial charge in [-0.05, 0) is 42.9 Å². The number of hydrogen-bond acceptors (Lipinski definition) is 5. The third kappa shape index (κ3) is 4.68. The molecule has 0 saturated carbocycles. The molecule has 1 N–H and O–H groups in total. The Morgan fingerprint density at radius 2 is 1.86 bits per heavy atom. The molecule has 0 radical (unpaired) electrons. The average Bonchev–Trinajstić information content (AvgIpc) is 3.27. The summed E-state index contributed by atoms with van der Waals surface area (Å²) in [5.74, 6) is 0.0113. The number of amides is 1. The molecule has 1 aromatic carbocycles. The molecule has 150 valence electrons. The Morgan fingerprint density at radius 1 is 1.10 bits per heavy atom. The number of benzene rings is 1. The van der Waals surface area contributed by atoms with Crippen LogP contribution in [0.1, 0.15) is 40.7 Å². The molecule has 1 fully saturated rings. The summed E-state index contributed by atoms with van der Waals surface area (Å²) in [6.45, 7) is 1.89. The normalized spacial score (nSPS) is 16.0. The second-order valence-electron chi connectivity index (χ2n) is 7.43. The molecule has 0 spiro atoms. The van der Waals surface area contributed by atoms with Gasteiger partial charge in [-0.2, -0.15) is 0 Å². The van der Waals surface area contributed by atoms with Crippen molar-refractivity contribution in [3.63, 3.8) is 0 Å². The number of pyridine rings is 1. The van der Waals surface area contributed by atoms with Crippen LogP contribution < -0.4 is 0 Å². The Bertz CT molecular complexity index is 921. The topological polar surface area (TPSA) is 84.1 Å². The highest BCUT2D eigenvalue weighted by atomic mass is 16.3. The lowest BCUT2D eigenvalue weighted by atomic mass is 9.89. The minimum atomic E-state index is -0.590. The summed E-state index contributed by atoms with van der Waals surface area (Å²) in [7, 11) is 0. The first-order chi connectivity index (χ1) is 14.2. The average molecular weight is 391 g/mol.